The van der Waals surface area contributed by atoms with Crippen LogP contribution in [-0.4, -0.2) is 29.2 Å². The highest BCUT2D eigenvalue weighted by Crippen LogP contribution is 2.43. The minimum Gasteiger partial charge on any atom is -0.392 e. The molecular weight excluding hydrogens is 348 g/mol. The maximum Gasteiger partial charge on any atom is 0.0686 e. The molecule has 2 atom stereocenters. The minimum atomic E-state index is -0.233. The van der Waals surface area contributed by atoms with Crippen molar-refractivity contribution in [2.24, 2.45) is 5.92 Å². The number of rotatable bonds is 4. The summed E-state index contributed by atoms with van der Waals surface area (Å²) >= 11 is 5.31. The highest BCUT2D eigenvalue weighted by atomic mass is 79.9. The first-order valence-electron chi connectivity index (χ1n) is 7.88. The average Bonchev–Trinajstić information content (AvgIpc) is 2.94. The van der Waals surface area contributed by atoms with Gasteiger partial charge in [0.25, 0.3) is 0 Å². The van der Waals surface area contributed by atoms with Crippen molar-refractivity contribution in [3.05, 3.63) is 28.7 Å². The van der Waals surface area contributed by atoms with E-state index in [0.29, 0.717) is 5.92 Å². The summed E-state index contributed by atoms with van der Waals surface area (Å²) in [4.78, 5) is 1.21. The Morgan fingerprint density at radius 3 is 2.86 bits per heavy atom. The summed E-state index contributed by atoms with van der Waals surface area (Å²) in [6.45, 7) is 0.821. The quantitative estimate of drug-likeness (QED) is 0.782. The Kier molecular flexibility index (Phi) is 5.31. The zero-order chi connectivity index (χ0) is 14.7. The number of thioether (sulfide) groups is 1. The molecule has 1 saturated heterocycles. The minimum absolute atomic E-state index is 0.0991. The van der Waals surface area contributed by atoms with Gasteiger partial charge in [0, 0.05) is 21.7 Å². The second-order valence-electron chi connectivity index (χ2n) is 6.30. The van der Waals surface area contributed by atoms with E-state index in [0.717, 1.165) is 29.7 Å². The lowest BCUT2D eigenvalue weighted by atomic mass is 9.82. The maximum atomic E-state index is 10.6. The molecule has 2 unspecified atom stereocenters. The van der Waals surface area contributed by atoms with Gasteiger partial charge in [-0.15, -0.1) is 11.8 Å². The smallest absolute Gasteiger partial charge is 0.0686 e. The molecule has 1 aliphatic carbocycles. The molecule has 2 aliphatic rings. The summed E-state index contributed by atoms with van der Waals surface area (Å²) in [5.74, 6) is 1.16. The molecule has 1 aromatic rings. The van der Waals surface area contributed by atoms with E-state index >= 15 is 0 Å². The van der Waals surface area contributed by atoms with Crippen LogP contribution in [0.4, 0.5) is 0 Å². The standard InChI is InChI=1S/C17H23BrO2S/c18-14-5-1-2-6-16(14)21-12-15(19)13-7-10-20-17(11-13)8-3-4-9-17/h1-2,5-6,13,15,19H,3-4,7-12H2. The summed E-state index contributed by atoms with van der Waals surface area (Å²) in [5.41, 5.74) is 0.0991. The third kappa shape index (κ3) is 3.84. The predicted octanol–water partition coefficient (Wildman–Crippen LogP) is 4.64. The normalized spacial score (nSPS) is 26.1. The van der Waals surface area contributed by atoms with Crippen LogP contribution in [0.3, 0.4) is 0 Å². The number of ether oxygens (including phenoxy) is 1. The Morgan fingerprint density at radius 2 is 2.10 bits per heavy atom. The van der Waals surface area contributed by atoms with Gasteiger partial charge in [-0.2, -0.15) is 0 Å². The lowest BCUT2D eigenvalue weighted by Gasteiger charge is -2.40. The zero-order valence-electron chi connectivity index (χ0n) is 12.3. The Morgan fingerprint density at radius 1 is 1.33 bits per heavy atom. The van der Waals surface area contributed by atoms with Crippen molar-refractivity contribution in [3.8, 4) is 0 Å². The van der Waals surface area contributed by atoms with E-state index < -0.39 is 0 Å². The topological polar surface area (TPSA) is 29.5 Å². The first kappa shape index (κ1) is 15.9. The fourth-order valence-electron chi connectivity index (χ4n) is 3.63. The van der Waals surface area contributed by atoms with Crippen molar-refractivity contribution in [2.75, 3.05) is 12.4 Å². The first-order chi connectivity index (χ1) is 10.2. The summed E-state index contributed by atoms with van der Waals surface area (Å²) in [6, 6.07) is 8.22. The van der Waals surface area contributed by atoms with E-state index in [-0.39, 0.29) is 11.7 Å². The fourth-order valence-corrected chi connectivity index (χ4v) is 5.27. The van der Waals surface area contributed by atoms with Crippen molar-refractivity contribution >= 4 is 27.7 Å². The molecule has 1 aliphatic heterocycles. The average molecular weight is 371 g/mol. The van der Waals surface area contributed by atoms with Gasteiger partial charge in [0.15, 0.2) is 0 Å². The van der Waals surface area contributed by atoms with Gasteiger partial charge in [0.2, 0.25) is 0 Å². The summed E-state index contributed by atoms with van der Waals surface area (Å²) < 4.78 is 7.18. The highest BCUT2D eigenvalue weighted by Gasteiger charge is 2.41. The molecule has 3 rings (SSSR count). The van der Waals surface area contributed by atoms with Gasteiger partial charge in [0.1, 0.15) is 0 Å². The Balaban J connectivity index is 1.55. The molecule has 2 nitrogen and oxygen atoms in total. The van der Waals surface area contributed by atoms with Crippen LogP contribution in [0.25, 0.3) is 0 Å². The highest BCUT2D eigenvalue weighted by molar-refractivity contribution is 9.10. The SMILES string of the molecule is OC(CSc1ccccc1Br)C1CCOC2(CCCC2)C1. The molecule has 116 valence electrons. The van der Waals surface area contributed by atoms with Gasteiger partial charge in [-0.1, -0.05) is 25.0 Å². The van der Waals surface area contributed by atoms with Crippen LogP contribution in [0.2, 0.25) is 0 Å². The van der Waals surface area contributed by atoms with Crippen molar-refractivity contribution in [3.63, 3.8) is 0 Å². The molecule has 1 N–H and O–H groups in total. The molecule has 0 bridgehead atoms. The van der Waals surface area contributed by atoms with E-state index in [1.807, 2.05) is 12.1 Å². The summed E-state index contributed by atoms with van der Waals surface area (Å²) in [7, 11) is 0. The molecule has 1 spiro atoms. The lowest BCUT2D eigenvalue weighted by Crippen LogP contribution is -2.41. The first-order valence-corrected chi connectivity index (χ1v) is 9.66. The second-order valence-corrected chi connectivity index (χ2v) is 8.22. The Labute approximate surface area is 139 Å². The third-order valence-corrected chi connectivity index (χ3v) is 6.97. The number of aliphatic hydroxyl groups is 1. The molecule has 0 radical (unpaired) electrons. The summed E-state index contributed by atoms with van der Waals surface area (Å²) in [5, 5.41) is 10.6. The van der Waals surface area contributed by atoms with E-state index in [9.17, 15) is 5.11 Å². The molecule has 0 amide bonds. The van der Waals surface area contributed by atoms with Crippen LogP contribution in [0.15, 0.2) is 33.6 Å². The monoisotopic (exact) mass is 370 g/mol. The molecule has 1 saturated carbocycles. The van der Waals surface area contributed by atoms with Crippen LogP contribution in [0.5, 0.6) is 0 Å². The van der Waals surface area contributed by atoms with Crippen LogP contribution in [-0.2, 0) is 4.74 Å². The predicted molar refractivity (Wildman–Crippen MR) is 90.7 cm³/mol. The zero-order valence-corrected chi connectivity index (χ0v) is 14.7. The van der Waals surface area contributed by atoms with Crippen LogP contribution < -0.4 is 0 Å². The molecule has 4 heteroatoms. The fraction of sp³-hybridized carbons (Fsp3) is 0.647. The van der Waals surface area contributed by atoms with Gasteiger partial charge in [-0.3, -0.25) is 0 Å². The number of aliphatic hydroxyl groups excluding tert-OH is 1. The van der Waals surface area contributed by atoms with Gasteiger partial charge in [-0.05, 0) is 59.7 Å². The molecule has 2 fully saturated rings. The van der Waals surface area contributed by atoms with E-state index in [4.69, 9.17) is 4.74 Å². The molecular formula is C17H23BrO2S. The maximum absolute atomic E-state index is 10.6. The Hall–Kier alpha value is -0.0300. The van der Waals surface area contributed by atoms with Crippen molar-refractivity contribution < 1.29 is 9.84 Å². The molecule has 21 heavy (non-hydrogen) atoms. The lowest BCUT2D eigenvalue weighted by molar-refractivity contribution is -0.109. The largest absolute Gasteiger partial charge is 0.392 e. The summed E-state index contributed by atoms with van der Waals surface area (Å²) in [6.07, 6.45) is 6.76. The van der Waals surface area contributed by atoms with Crippen LogP contribution >= 0.6 is 27.7 Å². The number of benzene rings is 1. The number of hydrogen-bond acceptors (Lipinski definition) is 3. The van der Waals surface area contributed by atoms with Gasteiger partial charge < -0.3 is 9.84 Å². The van der Waals surface area contributed by atoms with Gasteiger partial charge in [-0.25, -0.2) is 0 Å². The van der Waals surface area contributed by atoms with Crippen molar-refractivity contribution in [1.82, 2.24) is 0 Å². The van der Waals surface area contributed by atoms with E-state index in [1.54, 1.807) is 11.8 Å². The van der Waals surface area contributed by atoms with Crippen molar-refractivity contribution in [2.45, 2.75) is 55.1 Å². The Bertz CT molecular complexity index is 474. The second kappa shape index (κ2) is 7.03. The number of hydrogen-bond donors (Lipinski definition) is 1. The van der Waals surface area contributed by atoms with Gasteiger partial charge in [0.05, 0.1) is 11.7 Å². The van der Waals surface area contributed by atoms with E-state index in [2.05, 4.69) is 28.1 Å². The molecule has 0 aromatic heterocycles. The van der Waals surface area contributed by atoms with Crippen LogP contribution in [0, 0.1) is 5.92 Å². The van der Waals surface area contributed by atoms with E-state index in [1.165, 1.54) is 30.6 Å². The molecule has 1 heterocycles. The van der Waals surface area contributed by atoms with Gasteiger partial charge >= 0.3 is 0 Å². The van der Waals surface area contributed by atoms with Crippen molar-refractivity contribution in [1.29, 1.82) is 0 Å². The molecule has 1 aromatic carbocycles. The number of halogens is 1. The third-order valence-electron chi connectivity index (χ3n) is 4.84. The van der Waals surface area contributed by atoms with Crippen LogP contribution in [0.1, 0.15) is 38.5 Å².